The van der Waals surface area contributed by atoms with Crippen molar-refractivity contribution < 1.29 is 0 Å². The Kier molecular flexibility index (Phi) is 2.51. The molecule has 3 rings (SSSR count). The van der Waals surface area contributed by atoms with E-state index in [4.69, 9.17) is 15.5 Å². The van der Waals surface area contributed by atoms with E-state index < -0.39 is 0 Å². The van der Waals surface area contributed by atoms with E-state index in [1.807, 2.05) is 12.1 Å². The van der Waals surface area contributed by atoms with Crippen LogP contribution in [0.25, 0.3) is 21.8 Å². The van der Waals surface area contributed by atoms with Crippen LogP contribution < -0.4 is 0 Å². The van der Waals surface area contributed by atoms with Crippen LogP contribution >= 0.6 is 0 Å². The molecule has 0 bridgehead atoms. The molecule has 0 saturated carbocycles. The Morgan fingerprint density at radius 2 is 1.29 bits per heavy atom. The maximum Gasteiger partial charge on any atom is 0.0700 e. The van der Waals surface area contributed by atoms with Crippen LogP contribution in [0.4, 0.5) is 0 Å². The standard InChI is InChI=1S/C13H10B3N/c14-16(15)9-17-12-7-3-1-5-10(12)11-6-2-4-8-13(11)17/h1-8H,9H2. The number of rotatable bonds is 2. The second-order valence-electron chi connectivity index (χ2n) is 4.31. The molecule has 2 aromatic carbocycles. The fraction of sp³-hybridized carbons (Fsp3) is 0.0769. The van der Waals surface area contributed by atoms with Gasteiger partial charge in [-0.25, -0.2) is 0 Å². The highest BCUT2D eigenvalue weighted by atomic mass is 15.0. The zero-order valence-electron chi connectivity index (χ0n) is 9.51. The molecule has 3 aromatic rings. The van der Waals surface area contributed by atoms with E-state index in [1.165, 1.54) is 21.8 Å². The van der Waals surface area contributed by atoms with Gasteiger partial charge in [-0.2, -0.15) is 0 Å². The van der Waals surface area contributed by atoms with E-state index in [1.54, 1.807) is 0 Å². The van der Waals surface area contributed by atoms with Gasteiger partial charge in [0, 0.05) is 37.3 Å². The molecule has 0 fully saturated rings. The highest BCUT2D eigenvalue weighted by Crippen LogP contribution is 2.28. The summed E-state index contributed by atoms with van der Waals surface area (Å²) in [6.45, 7) is -0.339. The van der Waals surface area contributed by atoms with E-state index in [-0.39, 0.29) is 6.49 Å². The molecule has 0 spiro atoms. The normalized spacial score (nSPS) is 11.1. The summed E-state index contributed by atoms with van der Waals surface area (Å²) >= 11 is 0. The molecule has 0 atom stereocenters. The second kappa shape index (κ2) is 4.03. The van der Waals surface area contributed by atoms with Crippen molar-refractivity contribution in [2.45, 2.75) is 6.44 Å². The van der Waals surface area contributed by atoms with Gasteiger partial charge in [0.05, 0.1) is 6.49 Å². The first-order chi connectivity index (χ1) is 8.27. The van der Waals surface area contributed by atoms with Crippen LogP contribution in [0.15, 0.2) is 48.5 Å². The quantitative estimate of drug-likeness (QED) is 0.574. The lowest BCUT2D eigenvalue weighted by atomic mass is 9.19. The van der Waals surface area contributed by atoms with Crippen LogP contribution in [-0.4, -0.2) is 26.5 Å². The predicted octanol–water partition coefficient (Wildman–Crippen LogP) is 2.16. The highest BCUT2D eigenvalue weighted by molar-refractivity contribution is 7.28. The molecule has 0 amide bonds. The topological polar surface area (TPSA) is 4.93 Å². The third kappa shape index (κ3) is 1.68. The first-order valence-corrected chi connectivity index (χ1v) is 5.74. The van der Waals surface area contributed by atoms with Crippen molar-refractivity contribution in [3.05, 3.63) is 48.5 Å². The summed E-state index contributed by atoms with van der Waals surface area (Å²) in [5.41, 5.74) is 2.38. The summed E-state index contributed by atoms with van der Waals surface area (Å²) in [6.07, 6.45) is 0.633. The molecule has 1 nitrogen and oxygen atoms in total. The average molecular weight is 213 g/mol. The summed E-state index contributed by atoms with van der Waals surface area (Å²) < 4.78 is 2.19. The van der Waals surface area contributed by atoms with Crippen LogP contribution in [0.1, 0.15) is 0 Å². The molecular weight excluding hydrogens is 203 g/mol. The number of hydrogen-bond acceptors (Lipinski definition) is 0. The molecule has 4 radical (unpaired) electrons. The molecule has 17 heavy (non-hydrogen) atoms. The van der Waals surface area contributed by atoms with Gasteiger partial charge >= 0.3 is 0 Å². The Balaban J connectivity index is 2.41. The van der Waals surface area contributed by atoms with Crippen LogP contribution in [-0.2, 0) is 6.44 Å². The van der Waals surface area contributed by atoms with E-state index in [2.05, 4.69) is 41.0 Å². The Bertz CT molecular complexity index is 619. The Morgan fingerprint density at radius 1 is 0.824 bits per heavy atom. The van der Waals surface area contributed by atoms with Gasteiger partial charge in [-0.3, -0.25) is 0 Å². The molecule has 0 aliphatic heterocycles. The van der Waals surface area contributed by atoms with Crippen LogP contribution in [0.2, 0.25) is 0 Å². The lowest BCUT2D eigenvalue weighted by molar-refractivity contribution is 0.966. The summed E-state index contributed by atoms with van der Waals surface area (Å²) in [4.78, 5) is 0. The van der Waals surface area contributed by atoms with Crippen molar-refractivity contribution >= 4 is 43.8 Å². The monoisotopic (exact) mass is 213 g/mol. The smallest absolute Gasteiger partial charge is 0.0700 e. The Morgan fingerprint density at radius 3 is 1.76 bits per heavy atom. The number of hydrogen-bond donors (Lipinski definition) is 0. The van der Waals surface area contributed by atoms with Gasteiger partial charge in [-0.1, -0.05) is 36.4 Å². The molecule has 0 saturated heterocycles. The van der Waals surface area contributed by atoms with Crippen molar-refractivity contribution in [3.63, 3.8) is 0 Å². The van der Waals surface area contributed by atoms with Crippen molar-refractivity contribution in [2.24, 2.45) is 0 Å². The molecule has 0 aliphatic carbocycles. The third-order valence-electron chi connectivity index (χ3n) is 3.07. The predicted molar refractivity (Wildman–Crippen MR) is 76.7 cm³/mol. The summed E-state index contributed by atoms with van der Waals surface area (Å²) in [6, 6.07) is 16.7. The molecule has 0 N–H and O–H groups in total. The lowest BCUT2D eigenvalue weighted by Crippen LogP contribution is -2.22. The lowest BCUT2D eigenvalue weighted by Gasteiger charge is -2.09. The summed E-state index contributed by atoms with van der Waals surface area (Å²) in [5.74, 6) is 0. The molecule has 1 heterocycles. The van der Waals surface area contributed by atoms with Crippen molar-refractivity contribution in [1.82, 2.24) is 4.57 Å². The zero-order chi connectivity index (χ0) is 11.8. The zero-order valence-corrected chi connectivity index (χ0v) is 9.51. The fourth-order valence-corrected chi connectivity index (χ4v) is 2.41. The second-order valence-corrected chi connectivity index (χ2v) is 4.31. The first-order valence-electron chi connectivity index (χ1n) is 5.74. The van der Waals surface area contributed by atoms with Crippen LogP contribution in [0.3, 0.4) is 0 Å². The molecule has 4 heteroatoms. The fourth-order valence-electron chi connectivity index (χ4n) is 2.41. The van der Waals surface area contributed by atoms with Gasteiger partial charge < -0.3 is 4.57 Å². The van der Waals surface area contributed by atoms with E-state index >= 15 is 0 Å². The van der Waals surface area contributed by atoms with Crippen molar-refractivity contribution in [3.8, 4) is 0 Å². The van der Waals surface area contributed by atoms with Gasteiger partial charge in [0.25, 0.3) is 0 Å². The number of nitrogens with zero attached hydrogens (tertiary/aromatic N) is 1. The van der Waals surface area contributed by atoms with Crippen LogP contribution in [0, 0.1) is 0 Å². The molecule has 0 unspecified atom stereocenters. The van der Waals surface area contributed by atoms with E-state index in [0.29, 0.717) is 6.44 Å². The van der Waals surface area contributed by atoms with Gasteiger partial charge in [0.15, 0.2) is 0 Å². The highest BCUT2D eigenvalue weighted by Gasteiger charge is 2.10. The van der Waals surface area contributed by atoms with Gasteiger partial charge in [0.2, 0.25) is 0 Å². The largest absolute Gasteiger partial charge is 0.350 e. The minimum absolute atomic E-state index is 0.339. The molecule has 0 aliphatic rings. The average Bonchev–Trinajstić information content (AvgIpc) is 2.65. The number of benzene rings is 2. The molecule has 76 valence electrons. The number of para-hydroxylation sites is 2. The van der Waals surface area contributed by atoms with Gasteiger partial charge in [0.1, 0.15) is 0 Å². The molecular formula is C13H10B3N. The minimum atomic E-state index is -0.339. The SMILES string of the molecule is [B]B([B])Cn1c2ccccc2c2ccccc21. The summed E-state index contributed by atoms with van der Waals surface area (Å²) in [5, 5.41) is 2.51. The first kappa shape index (κ1) is 10.6. The Labute approximate surface area is 104 Å². The van der Waals surface area contributed by atoms with Crippen LogP contribution in [0.5, 0.6) is 0 Å². The van der Waals surface area contributed by atoms with E-state index in [0.717, 1.165) is 0 Å². The Hall–Kier alpha value is -1.57. The molecule has 1 aromatic heterocycles. The van der Waals surface area contributed by atoms with Crippen molar-refractivity contribution in [2.75, 3.05) is 0 Å². The number of fused-ring (bicyclic) bond motifs is 3. The number of aromatic nitrogens is 1. The van der Waals surface area contributed by atoms with Gasteiger partial charge in [-0.05, 0) is 18.6 Å². The minimum Gasteiger partial charge on any atom is -0.350 e. The summed E-state index contributed by atoms with van der Waals surface area (Å²) in [7, 11) is 11.4. The maximum atomic E-state index is 5.72. The van der Waals surface area contributed by atoms with E-state index in [9.17, 15) is 0 Å². The maximum absolute atomic E-state index is 5.72. The van der Waals surface area contributed by atoms with Gasteiger partial charge in [-0.15, -0.1) is 0 Å². The third-order valence-corrected chi connectivity index (χ3v) is 3.07. The van der Waals surface area contributed by atoms with Crippen molar-refractivity contribution in [1.29, 1.82) is 0 Å².